The fraction of sp³-hybridized carbons (Fsp3) is 0.348. The standard InChI is InChI=1S/C23H25ClFN3S/c24-19-6-10-21(11-7-19)28-22(16-18-4-8-20(25)9-5-18)17-27(23(28)29)15-14-26-12-2-1-3-13-26/h4-11,17H,1-3,12-16H2. The fourth-order valence-electron chi connectivity index (χ4n) is 3.94. The molecule has 0 amide bonds. The van der Waals surface area contributed by atoms with Crippen LogP contribution in [0.3, 0.4) is 0 Å². The molecule has 6 heteroatoms. The summed E-state index contributed by atoms with van der Waals surface area (Å²) in [5, 5.41) is 0.699. The molecule has 2 heterocycles. The van der Waals surface area contributed by atoms with E-state index in [-0.39, 0.29) is 5.82 Å². The molecule has 0 atom stereocenters. The lowest BCUT2D eigenvalue weighted by Gasteiger charge is -2.26. The second-order valence-electron chi connectivity index (χ2n) is 7.61. The average molecular weight is 430 g/mol. The normalized spacial score (nSPS) is 15.0. The van der Waals surface area contributed by atoms with Crippen molar-refractivity contribution in [1.29, 1.82) is 0 Å². The van der Waals surface area contributed by atoms with Gasteiger partial charge in [-0.15, -0.1) is 0 Å². The molecule has 1 aliphatic heterocycles. The largest absolute Gasteiger partial charge is 0.322 e. The maximum atomic E-state index is 13.3. The molecule has 1 fully saturated rings. The molecule has 4 rings (SSSR count). The number of benzene rings is 2. The topological polar surface area (TPSA) is 13.1 Å². The van der Waals surface area contributed by atoms with E-state index in [4.69, 9.17) is 23.8 Å². The van der Waals surface area contributed by atoms with E-state index in [1.54, 1.807) is 0 Å². The monoisotopic (exact) mass is 429 g/mol. The number of nitrogens with zero attached hydrogens (tertiary/aromatic N) is 3. The Morgan fingerprint density at radius 3 is 2.28 bits per heavy atom. The van der Waals surface area contributed by atoms with E-state index in [2.05, 4.69) is 20.2 Å². The number of piperidine rings is 1. The molecule has 0 N–H and O–H groups in total. The molecule has 0 radical (unpaired) electrons. The summed E-state index contributed by atoms with van der Waals surface area (Å²) >= 11 is 11.9. The number of hydrogen-bond donors (Lipinski definition) is 0. The van der Waals surface area contributed by atoms with E-state index >= 15 is 0 Å². The summed E-state index contributed by atoms with van der Waals surface area (Å²) in [6.07, 6.45) is 6.73. The van der Waals surface area contributed by atoms with Crippen molar-refractivity contribution in [1.82, 2.24) is 14.0 Å². The van der Waals surface area contributed by atoms with Gasteiger partial charge in [-0.2, -0.15) is 0 Å². The van der Waals surface area contributed by atoms with Crippen LogP contribution in [0.4, 0.5) is 4.39 Å². The van der Waals surface area contributed by atoms with E-state index in [1.165, 1.54) is 44.5 Å². The SMILES string of the molecule is Fc1ccc(Cc2cn(CCN3CCCCC3)c(=S)n2-c2ccc(Cl)cc2)cc1. The third-order valence-corrected chi connectivity index (χ3v) is 6.19. The van der Waals surface area contributed by atoms with Gasteiger partial charge in [0.15, 0.2) is 4.77 Å². The third-order valence-electron chi connectivity index (χ3n) is 5.52. The van der Waals surface area contributed by atoms with Crippen LogP contribution in [0.5, 0.6) is 0 Å². The zero-order valence-corrected chi connectivity index (χ0v) is 17.9. The van der Waals surface area contributed by atoms with Gasteiger partial charge in [0.25, 0.3) is 0 Å². The van der Waals surface area contributed by atoms with Crippen LogP contribution < -0.4 is 0 Å². The van der Waals surface area contributed by atoms with Crippen molar-refractivity contribution in [2.24, 2.45) is 0 Å². The van der Waals surface area contributed by atoms with Gasteiger partial charge < -0.3 is 9.47 Å². The zero-order chi connectivity index (χ0) is 20.2. The van der Waals surface area contributed by atoms with E-state index in [0.29, 0.717) is 11.4 Å². The van der Waals surface area contributed by atoms with E-state index < -0.39 is 0 Å². The Hall–Kier alpha value is -1.95. The van der Waals surface area contributed by atoms with Gasteiger partial charge in [0, 0.05) is 42.1 Å². The summed E-state index contributed by atoms with van der Waals surface area (Å²) in [5.41, 5.74) is 3.13. The Bertz CT molecular complexity index is 1000. The summed E-state index contributed by atoms with van der Waals surface area (Å²) in [4.78, 5) is 2.52. The van der Waals surface area contributed by atoms with Crippen LogP contribution in [0, 0.1) is 10.6 Å². The Kier molecular flexibility index (Phi) is 6.48. The maximum Gasteiger partial charge on any atom is 0.184 e. The van der Waals surface area contributed by atoms with Gasteiger partial charge in [0.2, 0.25) is 0 Å². The molecule has 152 valence electrons. The average Bonchev–Trinajstić information content (AvgIpc) is 3.04. The van der Waals surface area contributed by atoms with Gasteiger partial charge >= 0.3 is 0 Å². The van der Waals surface area contributed by atoms with Gasteiger partial charge in [-0.05, 0) is 80.1 Å². The number of halogens is 2. The molecule has 0 unspecified atom stereocenters. The summed E-state index contributed by atoms with van der Waals surface area (Å²) in [5.74, 6) is -0.220. The van der Waals surface area contributed by atoms with Crippen LogP contribution in [-0.4, -0.2) is 33.7 Å². The minimum atomic E-state index is -0.220. The van der Waals surface area contributed by atoms with Crippen LogP contribution in [0.1, 0.15) is 30.5 Å². The quantitative estimate of drug-likeness (QED) is 0.454. The lowest BCUT2D eigenvalue weighted by Crippen LogP contribution is -2.32. The van der Waals surface area contributed by atoms with Crippen LogP contribution >= 0.6 is 23.8 Å². The smallest absolute Gasteiger partial charge is 0.184 e. The highest BCUT2D eigenvalue weighted by molar-refractivity contribution is 7.71. The van der Waals surface area contributed by atoms with Crippen molar-refractivity contribution in [3.8, 4) is 5.69 Å². The van der Waals surface area contributed by atoms with Gasteiger partial charge in [0.05, 0.1) is 0 Å². The molecular formula is C23H25ClFN3S. The molecule has 3 nitrogen and oxygen atoms in total. The molecule has 3 aromatic rings. The number of hydrogen-bond acceptors (Lipinski definition) is 2. The molecule has 0 spiro atoms. The first-order valence-corrected chi connectivity index (χ1v) is 10.9. The predicted octanol–water partition coefficient (Wildman–Crippen LogP) is 5.88. The van der Waals surface area contributed by atoms with Crippen molar-refractivity contribution in [2.45, 2.75) is 32.2 Å². The van der Waals surface area contributed by atoms with Crippen molar-refractivity contribution in [3.05, 3.63) is 81.6 Å². The molecule has 1 aliphatic rings. The van der Waals surface area contributed by atoms with Crippen LogP contribution in [0.15, 0.2) is 54.7 Å². The van der Waals surface area contributed by atoms with Crippen LogP contribution in [0.2, 0.25) is 5.02 Å². The summed E-state index contributed by atoms with van der Waals surface area (Å²) in [6, 6.07) is 14.4. The molecule has 0 aliphatic carbocycles. The van der Waals surface area contributed by atoms with Crippen LogP contribution in [0.25, 0.3) is 5.69 Å². The highest BCUT2D eigenvalue weighted by atomic mass is 35.5. The van der Waals surface area contributed by atoms with Crippen LogP contribution in [-0.2, 0) is 13.0 Å². The molecule has 0 saturated carbocycles. The Balaban J connectivity index is 1.64. The second-order valence-corrected chi connectivity index (χ2v) is 8.42. The number of likely N-dealkylation sites (tertiary alicyclic amines) is 1. The number of rotatable bonds is 6. The molecule has 29 heavy (non-hydrogen) atoms. The van der Waals surface area contributed by atoms with Crippen molar-refractivity contribution in [2.75, 3.05) is 19.6 Å². The highest BCUT2D eigenvalue weighted by Crippen LogP contribution is 2.21. The van der Waals surface area contributed by atoms with E-state index in [9.17, 15) is 4.39 Å². The Labute approximate surface area is 181 Å². The first-order valence-electron chi connectivity index (χ1n) is 10.1. The maximum absolute atomic E-state index is 13.3. The van der Waals surface area contributed by atoms with Gasteiger partial charge in [0.1, 0.15) is 5.82 Å². The Morgan fingerprint density at radius 2 is 1.59 bits per heavy atom. The second kappa shape index (κ2) is 9.24. The summed E-state index contributed by atoms with van der Waals surface area (Å²) in [7, 11) is 0. The third kappa shape index (κ3) is 4.97. The lowest BCUT2D eigenvalue weighted by molar-refractivity contribution is 0.220. The molecule has 1 saturated heterocycles. The van der Waals surface area contributed by atoms with Crippen molar-refractivity contribution in [3.63, 3.8) is 0 Å². The van der Waals surface area contributed by atoms with Gasteiger partial charge in [-0.1, -0.05) is 30.2 Å². The minimum Gasteiger partial charge on any atom is -0.322 e. The number of aromatic nitrogens is 2. The van der Waals surface area contributed by atoms with E-state index in [1.807, 2.05) is 36.4 Å². The van der Waals surface area contributed by atoms with Crippen molar-refractivity contribution >= 4 is 23.8 Å². The Morgan fingerprint density at radius 1 is 0.897 bits per heavy atom. The highest BCUT2D eigenvalue weighted by Gasteiger charge is 2.14. The van der Waals surface area contributed by atoms with Gasteiger partial charge in [-0.3, -0.25) is 4.57 Å². The molecule has 1 aromatic heterocycles. The number of imidazole rings is 1. The first-order chi connectivity index (χ1) is 14.1. The van der Waals surface area contributed by atoms with E-state index in [0.717, 1.165) is 34.8 Å². The molecule has 0 bridgehead atoms. The van der Waals surface area contributed by atoms with Crippen molar-refractivity contribution < 1.29 is 4.39 Å². The summed E-state index contributed by atoms with van der Waals surface area (Å²) in [6.45, 7) is 4.23. The lowest BCUT2D eigenvalue weighted by atomic mass is 10.1. The van der Waals surface area contributed by atoms with Gasteiger partial charge in [-0.25, -0.2) is 4.39 Å². The first kappa shape index (κ1) is 20.3. The predicted molar refractivity (Wildman–Crippen MR) is 119 cm³/mol. The zero-order valence-electron chi connectivity index (χ0n) is 16.4. The fourth-order valence-corrected chi connectivity index (χ4v) is 4.43. The minimum absolute atomic E-state index is 0.220. The summed E-state index contributed by atoms with van der Waals surface area (Å²) < 4.78 is 18.4. The molecule has 2 aromatic carbocycles. The molecular weight excluding hydrogens is 405 g/mol.